The molecule has 26 heavy (non-hydrogen) atoms. The van der Waals surface area contributed by atoms with E-state index in [1.165, 1.54) is 19.3 Å². The number of hydrogen-bond acceptors (Lipinski definition) is 6. The first-order chi connectivity index (χ1) is 12.2. The normalized spacial score (nSPS) is 27.7. The molecule has 1 aromatic heterocycles. The van der Waals surface area contributed by atoms with E-state index in [1.54, 1.807) is 0 Å². The van der Waals surface area contributed by atoms with Gasteiger partial charge in [0.1, 0.15) is 0 Å². The molecule has 1 saturated carbocycles. The minimum absolute atomic E-state index is 0. The first kappa shape index (κ1) is 19.6. The van der Waals surface area contributed by atoms with Crippen LogP contribution in [0, 0.1) is 5.92 Å². The largest absolute Gasteiger partial charge is 0.354 e. The van der Waals surface area contributed by atoms with Gasteiger partial charge in [0.25, 0.3) is 0 Å². The Morgan fingerprint density at radius 2 is 2.19 bits per heavy atom. The quantitative estimate of drug-likeness (QED) is 0.781. The molecule has 3 atom stereocenters. The van der Waals surface area contributed by atoms with Crippen LogP contribution in [0.5, 0.6) is 0 Å². The number of hydrogen-bond donors (Lipinski definition) is 2. The summed E-state index contributed by atoms with van der Waals surface area (Å²) in [5.41, 5.74) is 0. The minimum Gasteiger partial charge on any atom is -0.354 e. The van der Waals surface area contributed by atoms with Crippen molar-refractivity contribution in [3.63, 3.8) is 0 Å². The molecule has 3 unspecified atom stereocenters. The second-order valence-electron chi connectivity index (χ2n) is 7.84. The summed E-state index contributed by atoms with van der Waals surface area (Å²) in [6.45, 7) is 5.89. The molecule has 1 aromatic rings. The molecule has 3 fully saturated rings. The van der Waals surface area contributed by atoms with Gasteiger partial charge in [0.2, 0.25) is 11.8 Å². The van der Waals surface area contributed by atoms with Crippen LogP contribution in [0.1, 0.15) is 69.1 Å². The molecule has 0 bridgehead atoms. The van der Waals surface area contributed by atoms with Crippen LogP contribution in [0.15, 0.2) is 4.52 Å². The van der Waals surface area contributed by atoms with Crippen molar-refractivity contribution in [1.82, 2.24) is 25.7 Å². The maximum atomic E-state index is 12.2. The van der Waals surface area contributed by atoms with E-state index in [-0.39, 0.29) is 30.4 Å². The maximum Gasteiger partial charge on any atom is 0.243 e. The molecule has 2 aliphatic heterocycles. The number of nitrogens with zero attached hydrogens (tertiary/aromatic N) is 3. The van der Waals surface area contributed by atoms with Gasteiger partial charge < -0.3 is 15.2 Å². The van der Waals surface area contributed by atoms with Gasteiger partial charge in [-0.05, 0) is 64.5 Å². The fourth-order valence-corrected chi connectivity index (χ4v) is 3.97. The first-order valence-electron chi connectivity index (χ1n) is 9.79. The van der Waals surface area contributed by atoms with Crippen molar-refractivity contribution < 1.29 is 9.32 Å². The van der Waals surface area contributed by atoms with Gasteiger partial charge in [-0.25, -0.2) is 0 Å². The van der Waals surface area contributed by atoms with Crippen LogP contribution in [0.2, 0.25) is 0 Å². The predicted molar refractivity (Wildman–Crippen MR) is 100 cm³/mol. The second-order valence-corrected chi connectivity index (χ2v) is 7.84. The highest BCUT2D eigenvalue weighted by molar-refractivity contribution is 5.85. The summed E-state index contributed by atoms with van der Waals surface area (Å²) < 4.78 is 5.50. The second kappa shape index (κ2) is 8.67. The summed E-state index contributed by atoms with van der Waals surface area (Å²) in [5, 5.41) is 10.5. The zero-order valence-corrected chi connectivity index (χ0v) is 16.3. The minimum atomic E-state index is 0. The highest BCUT2D eigenvalue weighted by atomic mass is 35.5. The molecule has 7 nitrogen and oxygen atoms in total. The molecule has 3 heterocycles. The zero-order chi connectivity index (χ0) is 17.2. The molecule has 1 aliphatic carbocycles. The molecule has 1 amide bonds. The summed E-state index contributed by atoms with van der Waals surface area (Å²) in [4.78, 5) is 19.2. The van der Waals surface area contributed by atoms with E-state index >= 15 is 0 Å². The van der Waals surface area contributed by atoms with Crippen LogP contribution < -0.4 is 10.6 Å². The highest BCUT2D eigenvalue weighted by Crippen LogP contribution is 2.38. The van der Waals surface area contributed by atoms with Crippen molar-refractivity contribution in [2.45, 2.75) is 63.5 Å². The highest BCUT2D eigenvalue weighted by Gasteiger charge is 2.32. The van der Waals surface area contributed by atoms with Crippen LogP contribution in [0.25, 0.3) is 0 Å². The summed E-state index contributed by atoms with van der Waals surface area (Å²) >= 11 is 0. The van der Waals surface area contributed by atoms with Crippen molar-refractivity contribution in [2.75, 3.05) is 26.2 Å². The zero-order valence-electron chi connectivity index (χ0n) is 15.4. The Morgan fingerprint density at radius 3 is 2.92 bits per heavy atom. The number of amides is 1. The van der Waals surface area contributed by atoms with E-state index in [0.29, 0.717) is 11.8 Å². The fraction of sp³-hybridized carbons (Fsp3) is 0.833. The van der Waals surface area contributed by atoms with E-state index in [0.717, 1.165) is 57.2 Å². The Labute approximate surface area is 161 Å². The van der Waals surface area contributed by atoms with Crippen LogP contribution in [0.3, 0.4) is 0 Å². The lowest BCUT2D eigenvalue weighted by Crippen LogP contribution is -2.45. The number of carbonyl (C=O) groups excluding carboxylic acids is 1. The summed E-state index contributed by atoms with van der Waals surface area (Å²) in [6.07, 6.45) is 6.75. The van der Waals surface area contributed by atoms with Gasteiger partial charge in [-0.2, -0.15) is 4.98 Å². The Kier molecular flexibility index (Phi) is 6.53. The Bertz CT molecular complexity index is 600. The van der Waals surface area contributed by atoms with Crippen molar-refractivity contribution >= 4 is 18.3 Å². The number of likely N-dealkylation sites (tertiary alicyclic amines) is 1. The fourth-order valence-electron chi connectivity index (χ4n) is 3.97. The van der Waals surface area contributed by atoms with Gasteiger partial charge in [-0.1, -0.05) is 5.16 Å². The van der Waals surface area contributed by atoms with Crippen LogP contribution >= 0.6 is 12.4 Å². The molecule has 4 rings (SSSR count). The Hall–Kier alpha value is -1.18. The number of halogens is 1. The maximum absolute atomic E-state index is 12.2. The molecule has 0 radical (unpaired) electrons. The lowest BCUT2D eigenvalue weighted by molar-refractivity contribution is -0.123. The van der Waals surface area contributed by atoms with Gasteiger partial charge in [0.15, 0.2) is 5.82 Å². The Morgan fingerprint density at radius 1 is 1.35 bits per heavy atom. The molecular weight excluding hydrogens is 354 g/mol. The molecule has 2 saturated heterocycles. The lowest BCUT2D eigenvalue weighted by Gasteiger charge is -2.35. The number of nitrogens with one attached hydrogen (secondary N) is 2. The van der Waals surface area contributed by atoms with E-state index < -0.39 is 0 Å². The molecule has 0 spiro atoms. The third-order valence-electron chi connectivity index (χ3n) is 5.80. The van der Waals surface area contributed by atoms with Crippen molar-refractivity contribution in [1.29, 1.82) is 0 Å². The molecule has 146 valence electrons. The predicted octanol–water partition coefficient (Wildman–Crippen LogP) is 2.01. The average molecular weight is 384 g/mol. The first-order valence-corrected chi connectivity index (χ1v) is 9.79. The third-order valence-corrected chi connectivity index (χ3v) is 5.80. The molecule has 3 aliphatic rings. The number of carbonyl (C=O) groups is 1. The number of rotatable bonds is 6. The molecule has 2 N–H and O–H groups in total. The van der Waals surface area contributed by atoms with Crippen LogP contribution in [-0.4, -0.2) is 53.2 Å². The van der Waals surface area contributed by atoms with E-state index in [9.17, 15) is 4.79 Å². The van der Waals surface area contributed by atoms with Crippen LogP contribution in [-0.2, 0) is 4.79 Å². The number of aromatic nitrogens is 2. The van der Waals surface area contributed by atoms with E-state index in [4.69, 9.17) is 4.52 Å². The standard InChI is InChI=1S/C18H29N5O2.ClH/c1-12(18-21-16(22-25-18)14-6-7-14)23-9-3-4-13(11-23)10-20-17(24)15-5-2-8-19-15;/h12-15,19H,2-11H2,1H3,(H,20,24);1H. The molecular formula is C18H30ClN5O2. The van der Waals surface area contributed by atoms with Gasteiger partial charge in [-0.15, -0.1) is 12.4 Å². The van der Waals surface area contributed by atoms with Gasteiger partial charge in [0.05, 0.1) is 12.1 Å². The van der Waals surface area contributed by atoms with Gasteiger partial charge >= 0.3 is 0 Å². The SMILES string of the molecule is CC(c1nc(C2CC2)no1)N1CCCC(CNC(=O)C2CCCN2)C1.Cl. The van der Waals surface area contributed by atoms with E-state index in [1.807, 2.05) is 0 Å². The monoisotopic (exact) mass is 383 g/mol. The molecule has 8 heteroatoms. The third kappa shape index (κ3) is 4.56. The summed E-state index contributed by atoms with van der Waals surface area (Å²) in [5.74, 6) is 2.80. The number of piperidine rings is 1. The summed E-state index contributed by atoms with van der Waals surface area (Å²) in [6, 6.07) is 0.160. The summed E-state index contributed by atoms with van der Waals surface area (Å²) in [7, 11) is 0. The average Bonchev–Trinajstić information content (AvgIpc) is 3.14. The lowest BCUT2D eigenvalue weighted by atomic mass is 9.96. The topological polar surface area (TPSA) is 83.3 Å². The van der Waals surface area contributed by atoms with Crippen molar-refractivity contribution in [3.8, 4) is 0 Å². The van der Waals surface area contributed by atoms with Crippen molar-refractivity contribution in [3.05, 3.63) is 11.7 Å². The van der Waals surface area contributed by atoms with Gasteiger partial charge in [-0.3, -0.25) is 9.69 Å². The Balaban J connectivity index is 0.00000196. The van der Waals surface area contributed by atoms with Gasteiger partial charge in [0, 0.05) is 19.0 Å². The van der Waals surface area contributed by atoms with Crippen molar-refractivity contribution in [2.24, 2.45) is 5.92 Å². The van der Waals surface area contributed by atoms with E-state index in [2.05, 4.69) is 32.6 Å². The smallest absolute Gasteiger partial charge is 0.243 e. The molecule has 0 aromatic carbocycles. The van der Waals surface area contributed by atoms with Crippen LogP contribution in [0.4, 0.5) is 0 Å².